The van der Waals surface area contributed by atoms with Crippen LogP contribution >= 0.6 is 0 Å². The summed E-state index contributed by atoms with van der Waals surface area (Å²) in [5.41, 5.74) is 0.273. The molecule has 0 aromatic rings. The van der Waals surface area contributed by atoms with Crippen molar-refractivity contribution in [3.8, 4) is 0 Å². The van der Waals surface area contributed by atoms with Crippen molar-refractivity contribution in [2.45, 2.75) is 51.5 Å². The average molecular weight is 266 g/mol. The monoisotopic (exact) mass is 266 g/mol. The minimum Gasteiger partial charge on any atom is -0.381 e. The van der Waals surface area contributed by atoms with Crippen molar-refractivity contribution in [3.05, 3.63) is 0 Å². The van der Waals surface area contributed by atoms with E-state index >= 15 is 0 Å². The van der Waals surface area contributed by atoms with Crippen LogP contribution in [0, 0.1) is 11.3 Å². The summed E-state index contributed by atoms with van der Waals surface area (Å²) in [7, 11) is 0. The fraction of sp³-hybridized carbons (Fsp3) is 0.933. The van der Waals surface area contributed by atoms with Gasteiger partial charge in [0.25, 0.3) is 0 Å². The highest BCUT2D eigenvalue weighted by molar-refractivity contribution is 5.75. The second-order valence-electron chi connectivity index (χ2n) is 6.71. The number of ether oxygens (including phenoxy) is 1. The Bertz CT molecular complexity index is 335. The third-order valence-electron chi connectivity index (χ3n) is 5.05. The minimum absolute atomic E-state index is 0.149. The highest BCUT2D eigenvalue weighted by Crippen LogP contribution is 2.38. The second-order valence-corrected chi connectivity index (χ2v) is 6.71. The molecule has 2 aliphatic heterocycles. The molecule has 1 saturated carbocycles. The quantitative estimate of drug-likeness (QED) is 0.849. The van der Waals surface area contributed by atoms with Crippen LogP contribution in [-0.2, 0) is 4.74 Å². The number of rotatable bonds is 4. The summed E-state index contributed by atoms with van der Waals surface area (Å²) in [5, 5.41) is 3.23. The Balaban J connectivity index is 1.49. The molecule has 108 valence electrons. The summed E-state index contributed by atoms with van der Waals surface area (Å²) in [4.78, 5) is 14.3. The lowest BCUT2D eigenvalue weighted by Gasteiger charge is -2.25. The molecule has 2 amide bonds. The lowest BCUT2D eigenvalue weighted by molar-refractivity contribution is 0.152. The first-order valence-electron chi connectivity index (χ1n) is 7.84. The molecule has 0 unspecified atom stereocenters. The van der Waals surface area contributed by atoms with Gasteiger partial charge in [0.05, 0.1) is 6.61 Å². The SMILES string of the molecule is CC[C@H](CC1CC1)NC(=O)N1CC[C@@]2(CCOC2)C1. The molecule has 1 spiro atoms. The van der Waals surface area contributed by atoms with Gasteiger partial charge < -0.3 is 15.0 Å². The van der Waals surface area contributed by atoms with Crippen molar-refractivity contribution in [1.29, 1.82) is 0 Å². The van der Waals surface area contributed by atoms with Crippen molar-refractivity contribution < 1.29 is 9.53 Å². The molecule has 2 atom stereocenters. The summed E-state index contributed by atoms with van der Waals surface area (Å²) in [6.07, 6.45) is 7.16. The van der Waals surface area contributed by atoms with Crippen molar-refractivity contribution >= 4 is 6.03 Å². The van der Waals surface area contributed by atoms with E-state index < -0.39 is 0 Å². The zero-order valence-electron chi connectivity index (χ0n) is 12.0. The van der Waals surface area contributed by atoms with Gasteiger partial charge in [0.1, 0.15) is 0 Å². The molecular weight excluding hydrogens is 240 g/mol. The Morgan fingerprint density at radius 1 is 1.47 bits per heavy atom. The van der Waals surface area contributed by atoms with E-state index in [1.165, 1.54) is 19.3 Å². The van der Waals surface area contributed by atoms with E-state index in [0.29, 0.717) is 6.04 Å². The Hall–Kier alpha value is -0.770. The number of hydrogen-bond acceptors (Lipinski definition) is 2. The summed E-state index contributed by atoms with van der Waals surface area (Å²) in [6.45, 7) is 5.67. The predicted octanol–water partition coefficient (Wildman–Crippen LogP) is 2.39. The average Bonchev–Trinajstić information content (AvgIpc) is 2.96. The van der Waals surface area contributed by atoms with Gasteiger partial charge in [0, 0.05) is 31.2 Å². The van der Waals surface area contributed by atoms with E-state index in [4.69, 9.17) is 4.74 Å². The van der Waals surface area contributed by atoms with E-state index in [9.17, 15) is 4.79 Å². The molecule has 4 heteroatoms. The molecule has 2 saturated heterocycles. The maximum absolute atomic E-state index is 12.3. The van der Waals surface area contributed by atoms with E-state index in [0.717, 1.165) is 51.5 Å². The topological polar surface area (TPSA) is 41.6 Å². The maximum atomic E-state index is 12.3. The van der Waals surface area contributed by atoms with Gasteiger partial charge in [0.2, 0.25) is 0 Å². The van der Waals surface area contributed by atoms with Gasteiger partial charge in [-0.15, -0.1) is 0 Å². The zero-order chi connectivity index (χ0) is 13.3. The third kappa shape index (κ3) is 3.04. The van der Waals surface area contributed by atoms with Gasteiger partial charge in [-0.2, -0.15) is 0 Å². The van der Waals surface area contributed by atoms with E-state index in [1.54, 1.807) is 0 Å². The number of carbonyl (C=O) groups is 1. The molecular formula is C15H26N2O2. The van der Waals surface area contributed by atoms with E-state index in [1.807, 2.05) is 4.90 Å². The molecule has 19 heavy (non-hydrogen) atoms. The first kappa shape index (κ1) is 13.2. The number of nitrogens with one attached hydrogen (secondary N) is 1. The molecule has 3 aliphatic rings. The Kier molecular flexibility index (Phi) is 3.70. The predicted molar refractivity (Wildman–Crippen MR) is 74.0 cm³/mol. The molecule has 3 rings (SSSR count). The Labute approximate surface area is 115 Å². The van der Waals surface area contributed by atoms with Crippen LogP contribution < -0.4 is 5.32 Å². The largest absolute Gasteiger partial charge is 0.381 e. The second kappa shape index (κ2) is 5.31. The van der Waals surface area contributed by atoms with Crippen LogP contribution in [0.15, 0.2) is 0 Å². The smallest absolute Gasteiger partial charge is 0.317 e. The summed E-state index contributed by atoms with van der Waals surface area (Å²) in [5.74, 6) is 0.874. The number of urea groups is 1. The lowest BCUT2D eigenvalue weighted by atomic mass is 9.87. The van der Waals surface area contributed by atoms with Crippen LogP contribution in [-0.4, -0.2) is 43.3 Å². The molecule has 0 aromatic carbocycles. The lowest BCUT2D eigenvalue weighted by Crippen LogP contribution is -2.44. The first-order valence-corrected chi connectivity index (χ1v) is 7.84. The molecule has 0 bridgehead atoms. The van der Waals surface area contributed by atoms with Crippen LogP contribution in [0.5, 0.6) is 0 Å². The molecule has 4 nitrogen and oxygen atoms in total. The summed E-state index contributed by atoms with van der Waals surface area (Å²) in [6, 6.07) is 0.521. The molecule has 1 N–H and O–H groups in total. The first-order chi connectivity index (χ1) is 9.21. The van der Waals surface area contributed by atoms with Crippen molar-refractivity contribution in [1.82, 2.24) is 10.2 Å². The highest BCUT2D eigenvalue weighted by atomic mass is 16.5. The van der Waals surface area contributed by atoms with Gasteiger partial charge in [-0.1, -0.05) is 19.8 Å². The van der Waals surface area contributed by atoms with Crippen LogP contribution in [0.25, 0.3) is 0 Å². The van der Waals surface area contributed by atoms with Gasteiger partial charge in [0.15, 0.2) is 0 Å². The fourth-order valence-corrected chi connectivity index (χ4v) is 3.43. The number of carbonyl (C=O) groups excluding carboxylic acids is 1. The fourth-order valence-electron chi connectivity index (χ4n) is 3.43. The summed E-state index contributed by atoms with van der Waals surface area (Å²) >= 11 is 0. The number of likely N-dealkylation sites (tertiary alicyclic amines) is 1. The molecule has 0 radical (unpaired) electrons. The van der Waals surface area contributed by atoms with Crippen LogP contribution in [0.1, 0.15) is 45.4 Å². The van der Waals surface area contributed by atoms with Crippen molar-refractivity contribution in [2.75, 3.05) is 26.3 Å². The van der Waals surface area contributed by atoms with Gasteiger partial charge in [-0.3, -0.25) is 0 Å². The molecule has 0 aromatic heterocycles. The number of nitrogens with zero attached hydrogens (tertiary/aromatic N) is 1. The van der Waals surface area contributed by atoms with Crippen LogP contribution in [0.3, 0.4) is 0 Å². The zero-order valence-corrected chi connectivity index (χ0v) is 12.0. The van der Waals surface area contributed by atoms with E-state index in [2.05, 4.69) is 12.2 Å². The van der Waals surface area contributed by atoms with Gasteiger partial charge in [-0.25, -0.2) is 4.79 Å². The highest BCUT2D eigenvalue weighted by Gasteiger charge is 2.43. The van der Waals surface area contributed by atoms with E-state index in [-0.39, 0.29) is 11.4 Å². The standard InChI is InChI=1S/C15H26N2O2/c1-2-13(9-12-3-4-12)16-14(18)17-7-5-15(10-17)6-8-19-11-15/h12-13H,2-11H2,1H3,(H,16,18)/t13-,15-/m1/s1. The van der Waals surface area contributed by atoms with Crippen molar-refractivity contribution in [2.24, 2.45) is 11.3 Å². The van der Waals surface area contributed by atoms with Crippen molar-refractivity contribution in [3.63, 3.8) is 0 Å². The van der Waals surface area contributed by atoms with Crippen LogP contribution in [0.2, 0.25) is 0 Å². The van der Waals surface area contributed by atoms with Crippen LogP contribution in [0.4, 0.5) is 4.79 Å². The number of amides is 2. The van der Waals surface area contributed by atoms with Gasteiger partial charge in [-0.05, 0) is 31.6 Å². The minimum atomic E-state index is 0.149. The Morgan fingerprint density at radius 3 is 2.95 bits per heavy atom. The Morgan fingerprint density at radius 2 is 2.32 bits per heavy atom. The molecule has 1 aliphatic carbocycles. The molecule has 2 heterocycles. The summed E-state index contributed by atoms with van der Waals surface area (Å²) < 4.78 is 5.52. The normalized spacial score (nSPS) is 31.9. The van der Waals surface area contributed by atoms with Gasteiger partial charge >= 0.3 is 6.03 Å². The third-order valence-corrected chi connectivity index (χ3v) is 5.05. The molecule has 3 fully saturated rings. The maximum Gasteiger partial charge on any atom is 0.317 e. The number of hydrogen-bond donors (Lipinski definition) is 1.